The van der Waals surface area contributed by atoms with E-state index in [0.717, 1.165) is 31.4 Å². The van der Waals surface area contributed by atoms with Crippen LogP contribution in [0.2, 0.25) is 0 Å². The summed E-state index contributed by atoms with van der Waals surface area (Å²) >= 11 is 1.75. The molecule has 0 aromatic rings. The zero-order chi connectivity index (χ0) is 13.9. The molecule has 0 unspecified atom stereocenters. The van der Waals surface area contributed by atoms with Gasteiger partial charge in [-0.1, -0.05) is 19.8 Å². The third-order valence-corrected chi connectivity index (χ3v) is 5.88. The summed E-state index contributed by atoms with van der Waals surface area (Å²) in [4.78, 5) is 12.2. The van der Waals surface area contributed by atoms with Crippen molar-refractivity contribution in [2.45, 2.75) is 56.3 Å². The quantitative estimate of drug-likeness (QED) is 0.807. The summed E-state index contributed by atoms with van der Waals surface area (Å²) in [5.41, 5.74) is -1.61. The maximum Gasteiger partial charge on any atom is 0.240 e. The van der Waals surface area contributed by atoms with E-state index in [1.165, 1.54) is 0 Å². The lowest BCUT2D eigenvalue weighted by Crippen LogP contribution is -2.58. The molecule has 5 heteroatoms. The van der Waals surface area contributed by atoms with Crippen LogP contribution in [0, 0.1) is 16.7 Å². The summed E-state index contributed by atoms with van der Waals surface area (Å²) in [5.74, 6) is 0.788. The average molecular weight is 282 g/mol. The Morgan fingerprint density at radius 3 is 2.63 bits per heavy atom. The lowest BCUT2D eigenvalue weighted by atomic mass is 9.79. The number of carbonyl (C=O) groups excluding carboxylic acids is 1. The first-order valence-corrected chi connectivity index (χ1v) is 8.15. The largest absolute Gasteiger partial charge is 0.387 e. The Hall–Kier alpha value is -0.730. The highest BCUT2D eigenvalue weighted by molar-refractivity contribution is 8.00. The zero-order valence-electron chi connectivity index (χ0n) is 11.4. The summed E-state index contributed by atoms with van der Waals surface area (Å²) in [6.45, 7) is 2.36. The van der Waals surface area contributed by atoms with Crippen LogP contribution < -0.4 is 5.32 Å². The Bertz CT molecular complexity index is 387. The van der Waals surface area contributed by atoms with Gasteiger partial charge in [-0.25, -0.2) is 0 Å². The van der Waals surface area contributed by atoms with E-state index in [9.17, 15) is 15.2 Å². The highest BCUT2D eigenvalue weighted by Crippen LogP contribution is 2.41. The highest BCUT2D eigenvalue weighted by atomic mass is 32.2. The molecule has 106 valence electrons. The highest BCUT2D eigenvalue weighted by Gasteiger charge is 2.47. The molecule has 2 atom stereocenters. The number of hydrogen-bond acceptors (Lipinski definition) is 4. The van der Waals surface area contributed by atoms with Gasteiger partial charge in [-0.05, 0) is 31.4 Å². The lowest BCUT2D eigenvalue weighted by molar-refractivity contribution is -0.130. The molecule has 0 aliphatic heterocycles. The van der Waals surface area contributed by atoms with Crippen molar-refractivity contribution in [1.82, 2.24) is 5.32 Å². The molecule has 2 saturated carbocycles. The second kappa shape index (κ2) is 5.72. The molecule has 0 spiro atoms. The van der Waals surface area contributed by atoms with Crippen LogP contribution in [0.1, 0.15) is 45.4 Å². The minimum atomic E-state index is -0.840. The number of nitrogens with one attached hydrogen (secondary N) is 1. The zero-order valence-corrected chi connectivity index (χ0v) is 12.3. The van der Waals surface area contributed by atoms with Crippen molar-refractivity contribution in [3.63, 3.8) is 0 Å². The summed E-state index contributed by atoms with van der Waals surface area (Å²) in [5, 5.41) is 22.7. The maximum atomic E-state index is 12.2. The van der Waals surface area contributed by atoms with Crippen molar-refractivity contribution >= 4 is 17.7 Å². The first kappa shape index (κ1) is 14.7. The number of nitriles is 1. The minimum absolute atomic E-state index is 0.187. The van der Waals surface area contributed by atoms with Gasteiger partial charge in [0.1, 0.15) is 5.41 Å². The molecular formula is C14H22N2O2S. The fourth-order valence-electron chi connectivity index (χ4n) is 3.01. The Labute approximate surface area is 118 Å². The normalized spacial score (nSPS) is 32.4. The van der Waals surface area contributed by atoms with E-state index in [0.29, 0.717) is 12.8 Å². The standard InChI is InChI=1S/C14H22N2O2S/c1-2-19-11-5-8-14(11,18)10-16-12(17)13(9-15)6-3-4-7-13/h11,18H,2-8,10H2,1H3,(H,16,17)/t11-,14-/m1/s1. The molecule has 2 aliphatic carbocycles. The van der Waals surface area contributed by atoms with E-state index in [1.54, 1.807) is 11.8 Å². The molecule has 0 heterocycles. The molecule has 0 aromatic heterocycles. The van der Waals surface area contributed by atoms with E-state index >= 15 is 0 Å². The van der Waals surface area contributed by atoms with Crippen LogP contribution in [0.4, 0.5) is 0 Å². The SMILES string of the molecule is CCS[C@@H]1CC[C@@]1(O)CNC(=O)C1(C#N)CCCC1. The maximum absolute atomic E-state index is 12.2. The van der Waals surface area contributed by atoms with Crippen molar-refractivity contribution in [3.8, 4) is 6.07 Å². The van der Waals surface area contributed by atoms with E-state index < -0.39 is 11.0 Å². The number of carbonyl (C=O) groups is 1. The lowest BCUT2D eigenvalue weighted by Gasteiger charge is -2.45. The number of thioether (sulfide) groups is 1. The summed E-state index contributed by atoms with van der Waals surface area (Å²) in [6.07, 6.45) is 4.94. The number of rotatable bonds is 5. The van der Waals surface area contributed by atoms with Crippen LogP contribution in [0.3, 0.4) is 0 Å². The third kappa shape index (κ3) is 2.75. The molecule has 1 amide bonds. The molecule has 2 N–H and O–H groups in total. The number of nitrogens with zero attached hydrogens (tertiary/aromatic N) is 1. The van der Waals surface area contributed by atoms with Crippen LogP contribution in [-0.2, 0) is 4.79 Å². The Morgan fingerprint density at radius 1 is 1.47 bits per heavy atom. The van der Waals surface area contributed by atoms with Crippen LogP contribution in [0.5, 0.6) is 0 Å². The minimum Gasteiger partial charge on any atom is -0.387 e. The van der Waals surface area contributed by atoms with Gasteiger partial charge < -0.3 is 10.4 Å². The van der Waals surface area contributed by atoms with E-state index in [1.807, 2.05) is 0 Å². The molecule has 0 saturated heterocycles. The van der Waals surface area contributed by atoms with Gasteiger partial charge in [0.25, 0.3) is 0 Å². The number of hydrogen-bond donors (Lipinski definition) is 2. The second-order valence-corrected chi connectivity index (χ2v) is 7.15. The number of aliphatic hydroxyl groups is 1. The smallest absolute Gasteiger partial charge is 0.240 e. The fraction of sp³-hybridized carbons (Fsp3) is 0.857. The van der Waals surface area contributed by atoms with Gasteiger partial charge in [-0.2, -0.15) is 17.0 Å². The van der Waals surface area contributed by atoms with Gasteiger partial charge in [0.2, 0.25) is 5.91 Å². The van der Waals surface area contributed by atoms with Crippen molar-refractivity contribution in [2.24, 2.45) is 5.41 Å². The molecule has 0 radical (unpaired) electrons. The molecule has 2 fully saturated rings. The average Bonchev–Trinajstić information content (AvgIpc) is 2.90. The summed E-state index contributed by atoms with van der Waals surface area (Å²) in [7, 11) is 0. The van der Waals surface area contributed by atoms with E-state index in [2.05, 4.69) is 18.3 Å². The van der Waals surface area contributed by atoms with Crippen LogP contribution >= 0.6 is 11.8 Å². The van der Waals surface area contributed by atoms with Crippen LogP contribution in [0.25, 0.3) is 0 Å². The van der Waals surface area contributed by atoms with Gasteiger partial charge >= 0.3 is 0 Å². The van der Waals surface area contributed by atoms with Gasteiger partial charge in [0, 0.05) is 11.8 Å². The van der Waals surface area contributed by atoms with Gasteiger partial charge in [-0.15, -0.1) is 0 Å². The Balaban J connectivity index is 1.88. The summed E-state index contributed by atoms with van der Waals surface area (Å²) < 4.78 is 0. The molecule has 2 rings (SSSR count). The van der Waals surface area contributed by atoms with Crippen LogP contribution in [0.15, 0.2) is 0 Å². The molecule has 0 bridgehead atoms. The molecule has 0 aromatic carbocycles. The summed E-state index contributed by atoms with van der Waals surface area (Å²) in [6, 6.07) is 2.19. The fourth-order valence-corrected chi connectivity index (χ4v) is 4.21. The second-order valence-electron chi connectivity index (χ2n) is 5.67. The Morgan fingerprint density at radius 2 is 2.16 bits per heavy atom. The number of amides is 1. The van der Waals surface area contributed by atoms with Gasteiger partial charge in [-0.3, -0.25) is 4.79 Å². The van der Waals surface area contributed by atoms with Gasteiger partial charge in [0.15, 0.2) is 0 Å². The van der Waals surface area contributed by atoms with Gasteiger partial charge in [0.05, 0.1) is 11.7 Å². The topological polar surface area (TPSA) is 73.1 Å². The van der Waals surface area contributed by atoms with E-state index in [-0.39, 0.29) is 17.7 Å². The first-order chi connectivity index (χ1) is 9.06. The molecule has 19 heavy (non-hydrogen) atoms. The van der Waals surface area contributed by atoms with Crippen molar-refractivity contribution in [3.05, 3.63) is 0 Å². The Kier molecular flexibility index (Phi) is 4.42. The predicted octanol–water partition coefficient (Wildman–Crippen LogP) is 1.83. The first-order valence-electron chi connectivity index (χ1n) is 7.10. The van der Waals surface area contributed by atoms with E-state index in [4.69, 9.17) is 0 Å². The monoisotopic (exact) mass is 282 g/mol. The van der Waals surface area contributed by atoms with Crippen LogP contribution in [-0.4, -0.2) is 34.2 Å². The molecular weight excluding hydrogens is 260 g/mol. The van der Waals surface area contributed by atoms with Crippen molar-refractivity contribution in [2.75, 3.05) is 12.3 Å². The third-order valence-electron chi connectivity index (χ3n) is 4.47. The predicted molar refractivity (Wildman–Crippen MR) is 75.6 cm³/mol. The molecule has 4 nitrogen and oxygen atoms in total. The van der Waals surface area contributed by atoms with Crippen molar-refractivity contribution < 1.29 is 9.90 Å². The molecule has 2 aliphatic rings. The van der Waals surface area contributed by atoms with Crippen molar-refractivity contribution in [1.29, 1.82) is 5.26 Å².